The van der Waals surface area contributed by atoms with Crippen LogP contribution in [0, 0.1) is 6.92 Å². The number of aromatic amines is 1. The Bertz CT molecular complexity index is 375. The van der Waals surface area contributed by atoms with E-state index in [1.807, 2.05) is 0 Å². The molecule has 0 fully saturated rings. The van der Waals surface area contributed by atoms with Crippen LogP contribution in [0.4, 0.5) is 5.95 Å². The summed E-state index contributed by atoms with van der Waals surface area (Å²) in [4.78, 5) is 17.5. The number of anilines is 1. The van der Waals surface area contributed by atoms with Gasteiger partial charge in [0.15, 0.2) is 0 Å². The Labute approximate surface area is 80.4 Å². The number of aryl methyl sites for hydroxylation is 1. The molecule has 1 rings (SSSR count). The Morgan fingerprint density at radius 3 is 2.79 bits per heavy atom. The minimum Gasteiger partial charge on any atom is -0.394 e. The van der Waals surface area contributed by atoms with Gasteiger partial charge in [-0.3, -0.25) is 9.78 Å². The van der Waals surface area contributed by atoms with Gasteiger partial charge in [0.25, 0.3) is 5.56 Å². The molecule has 14 heavy (non-hydrogen) atoms. The third kappa shape index (κ3) is 2.30. The Balaban J connectivity index is 3.03. The first-order valence-corrected chi connectivity index (χ1v) is 4.18. The van der Waals surface area contributed by atoms with Crippen LogP contribution in [0.3, 0.4) is 0 Å². The average molecular weight is 199 g/mol. The minimum atomic E-state index is -0.944. The molecule has 0 aromatic carbocycles. The molecule has 1 unspecified atom stereocenters. The number of hydrogen-bond donors (Lipinski definition) is 4. The maximum atomic E-state index is 11.3. The van der Waals surface area contributed by atoms with Gasteiger partial charge in [0.1, 0.15) is 0 Å². The fraction of sp³-hybridized carbons (Fsp3) is 0.500. The normalized spacial score (nSPS) is 12.8. The first-order valence-electron chi connectivity index (χ1n) is 4.18. The first-order chi connectivity index (χ1) is 6.54. The van der Waals surface area contributed by atoms with Crippen molar-refractivity contribution >= 4 is 5.95 Å². The summed E-state index contributed by atoms with van der Waals surface area (Å²) in [6.07, 6.45) is -0.870. The van der Waals surface area contributed by atoms with Crippen molar-refractivity contribution in [1.29, 1.82) is 0 Å². The van der Waals surface area contributed by atoms with Crippen LogP contribution in [0.1, 0.15) is 11.3 Å². The summed E-state index contributed by atoms with van der Waals surface area (Å²) in [5.74, 6) is 0.0507. The largest absolute Gasteiger partial charge is 0.394 e. The average Bonchev–Trinajstić information content (AvgIpc) is 2.10. The highest BCUT2D eigenvalue weighted by Gasteiger charge is 2.11. The van der Waals surface area contributed by atoms with Gasteiger partial charge in [0.05, 0.1) is 18.4 Å². The number of nitrogen functional groups attached to an aromatic ring is 1. The summed E-state index contributed by atoms with van der Waals surface area (Å²) in [6.45, 7) is 1.24. The van der Waals surface area contributed by atoms with Crippen LogP contribution in [0.5, 0.6) is 0 Å². The summed E-state index contributed by atoms with van der Waals surface area (Å²) in [7, 11) is 0. The summed E-state index contributed by atoms with van der Waals surface area (Å²) in [5.41, 5.74) is 5.76. The molecular weight excluding hydrogens is 186 g/mol. The SMILES string of the molecule is Cc1nc(N)[nH]c(=O)c1CC(O)CO. The van der Waals surface area contributed by atoms with E-state index in [-0.39, 0.29) is 24.5 Å². The number of nitrogens with two attached hydrogens (primary N) is 1. The quantitative estimate of drug-likeness (QED) is 0.476. The third-order valence-electron chi connectivity index (χ3n) is 1.89. The van der Waals surface area contributed by atoms with Gasteiger partial charge in [-0.25, -0.2) is 4.98 Å². The van der Waals surface area contributed by atoms with Crippen LogP contribution >= 0.6 is 0 Å². The number of aliphatic hydroxyl groups is 2. The molecule has 1 atom stereocenters. The standard InChI is InChI=1S/C8H13N3O3/c1-4-6(2-5(13)3-12)7(14)11-8(9)10-4/h5,12-13H,2-3H2,1H3,(H3,9,10,11,14). The second-order valence-corrected chi connectivity index (χ2v) is 3.06. The molecule has 0 aliphatic rings. The number of rotatable bonds is 3. The van der Waals surface area contributed by atoms with Crippen LogP contribution in [-0.2, 0) is 6.42 Å². The van der Waals surface area contributed by atoms with Gasteiger partial charge in [-0.15, -0.1) is 0 Å². The molecule has 5 N–H and O–H groups in total. The molecule has 1 aromatic rings. The van der Waals surface area contributed by atoms with Crippen molar-refractivity contribution in [2.45, 2.75) is 19.4 Å². The molecule has 6 heteroatoms. The lowest BCUT2D eigenvalue weighted by Gasteiger charge is -2.08. The number of nitrogens with one attached hydrogen (secondary N) is 1. The van der Waals surface area contributed by atoms with E-state index in [0.717, 1.165) is 0 Å². The number of aromatic nitrogens is 2. The molecule has 0 spiro atoms. The molecular formula is C8H13N3O3. The van der Waals surface area contributed by atoms with E-state index >= 15 is 0 Å². The second-order valence-electron chi connectivity index (χ2n) is 3.06. The van der Waals surface area contributed by atoms with Crippen molar-refractivity contribution < 1.29 is 10.2 Å². The summed E-state index contributed by atoms with van der Waals surface area (Å²) < 4.78 is 0. The minimum absolute atomic E-state index is 0.0507. The van der Waals surface area contributed by atoms with Gasteiger partial charge in [-0.05, 0) is 6.92 Å². The zero-order valence-corrected chi connectivity index (χ0v) is 7.82. The van der Waals surface area contributed by atoms with E-state index in [1.165, 1.54) is 0 Å². The van der Waals surface area contributed by atoms with Gasteiger partial charge in [0.2, 0.25) is 5.95 Å². The molecule has 6 nitrogen and oxygen atoms in total. The fourth-order valence-corrected chi connectivity index (χ4v) is 1.17. The van der Waals surface area contributed by atoms with E-state index in [0.29, 0.717) is 11.3 Å². The number of H-pyrrole nitrogens is 1. The van der Waals surface area contributed by atoms with Crippen LogP contribution < -0.4 is 11.3 Å². The lowest BCUT2D eigenvalue weighted by atomic mass is 10.1. The number of nitrogens with zero attached hydrogens (tertiary/aromatic N) is 1. The van der Waals surface area contributed by atoms with Crippen LogP contribution in [0.2, 0.25) is 0 Å². The van der Waals surface area contributed by atoms with Crippen molar-refractivity contribution in [3.05, 3.63) is 21.6 Å². The van der Waals surface area contributed by atoms with Crippen molar-refractivity contribution in [3.63, 3.8) is 0 Å². The maximum Gasteiger partial charge on any atom is 0.255 e. The number of aliphatic hydroxyl groups excluding tert-OH is 2. The fourth-order valence-electron chi connectivity index (χ4n) is 1.17. The van der Waals surface area contributed by atoms with Crippen LogP contribution in [0.25, 0.3) is 0 Å². The van der Waals surface area contributed by atoms with Gasteiger partial charge in [-0.1, -0.05) is 0 Å². The van der Waals surface area contributed by atoms with Crippen molar-refractivity contribution in [2.75, 3.05) is 12.3 Å². The van der Waals surface area contributed by atoms with Gasteiger partial charge >= 0.3 is 0 Å². The zero-order chi connectivity index (χ0) is 10.7. The van der Waals surface area contributed by atoms with E-state index < -0.39 is 6.10 Å². The van der Waals surface area contributed by atoms with Crippen molar-refractivity contribution in [2.24, 2.45) is 0 Å². The lowest BCUT2D eigenvalue weighted by Crippen LogP contribution is -2.24. The lowest BCUT2D eigenvalue weighted by molar-refractivity contribution is 0.0950. The Morgan fingerprint density at radius 1 is 1.64 bits per heavy atom. The van der Waals surface area contributed by atoms with E-state index in [9.17, 15) is 4.79 Å². The highest BCUT2D eigenvalue weighted by atomic mass is 16.3. The highest BCUT2D eigenvalue weighted by Crippen LogP contribution is 2.03. The Kier molecular flexibility index (Phi) is 3.21. The van der Waals surface area contributed by atoms with Gasteiger partial charge in [0, 0.05) is 12.0 Å². The topological polar surface area (TPSA) is 112 Å². The maximum absolute atomic E-state index is 11.3. The summed E-state index contributed by atoms with van der Waals surface area (Å²) in [5, 5.41) is 17.8. The monoisotopic (exact) mass is 199 g/mol. The van der Waals surface area contributed by atoms with Gasteiger partial charge < -0.3 is 15.9 Å². The van der Waals surface area contributed by atoms with Crippen LogP contribution in [-0.4, -0.2) is 32.9 Å². The van der Waals surface area contributed by atoms with E-state index in [4.69, 9.17) is 15.9 Å². The van der Waals surface area contributed by atoms with Crippen molar-refractivity contribution in [1.82, 2.24) is 9.97 Å². The smallest absolute Gasteiger partial charge is 0.255 e. The Hall–Kier alpha value is -1.40. The summed E-state index contributed by atoms with van der Waals surface area (Å²) >= 11 is 0. The molecule has 0 amide bonds. The molecule has 0 aliphatic heterocycles. The molecule has 1 heterocycles. The van der Waals surface area contributed by atoms with E-state index in [1.54, 1.807) is 6.92 Å². The van der Waals surface area contributed by atoms with Crippen molar-refractivity contribution in [3.8, 4) is 0 Å². The second kappa shape index (κ2) is 4.21. The Morgan fingerprint density at radius 2 is 2.29 bits per heavy atom. The highest BCUT2D eigenvalue weighted by molar-refractivity contribution is 5.24. The molecule has 0 bridgehead atoms. The molecule has 0 radical (unpaired) electrons. The summed E-state index contributed by atoms with van der Waals surface area (Å²) in [6, 6.07) is 0. The predicted octanol–water partition coefficient (Wildman–Crippen LogP) is -1.44. The molecule has 0 saturated carbocycles. The predicted molar refractivity (Wildman–Crippen MR) is 50.8 cm³/mol. The molecule has 0 saturated heterocycles. The van der Waals surface area contributed by atoms with E-state index in [2.05, 4.69) is 9.97 Å². The molecule has 1 aromatic heterocycles. The van der Waals surface area contributed by atoms with Crippen LogP contribution in [0.15, 0.2) is 4.79 Å². The number of hydrogen-bond acceptors (Lipinski definition) is 5. The third-order valence-corrected chi connectivity index (χ3v) is 1.89. The first kappa shape index (κ1) is 10.7. The molecule has 78 valence electrons. The van der Waals surface area contributed by atoms with Gasteiger partial charge in [-0.2, -0.15) is 0 Å². The molecule has 0 aliphatic carbocycles. The zero-order valence-electron chi connectivity index (χ0n) is 7.82.